The van der Waals surface area contributed by atoms with Gasteiger partial charge >= 0.3 is 5.97 Å². The number of para-hydroxylation sites is 1. The quantitative estimate of drug-likeness (QED) is 0.826. The number of nitrogens with zero attached hydrogens (tertiary/aromatic N) is 1. The summed E-state index contributed by atoms with van der Waals surface area (Å²) in [4.78, 5) is 24.2. The van der Waals surface area contributed by atoms with Gasteiger partial charge in [-0.3, -0.25) is 9.59 Å². The van der Waals surface area contributed by atoms with Crippen LogP contribution in [-0.2, 0) is 9.59 Å². The van der Waals surface area contributed by atoms with Crippen LogP contribution in [0.15, 0.2) is 28.7 Å². The summed E-state index contributed by atoms with van der Waals surface area (Å²) in [6, 6.07) is 7.05. The van der Waals surface area contributed by atoms with E-state index in [1.807, 2.05) is 26.0 Å². The molecule has 1 N–H and O–H groups in total. The zero-order chi connectivity index (χ0) is 15.1. The number of hydrogen-bond donors (Lipinski definition) is 1. The van der Waals surface area contributed by atoms with Crippen molar-refractivity contribution in [2.75, 3.05) is 13.2 Å². The summed E-state index contributed by atoms with van der Waals surface area (Å²) in [6.45, 7) is 3.23. The summed E-state index contributed by atoms with van der Waals surface area (Å²) < 4.78 is 6.18. The number of hydrogen-bond acceptors (Lipinski definition) is 3. The second kappa shape index (κ2) is 7.89. The van der Waals surface area contributed by atoms with Gasteiger partial charge in [-0.15, -0.1) is 0 Å². The van der Waals surface area contributed by atoms with Gasteiger partial charge in [-0.05, 0) is 41.4 Å². The van der Waals surface area contributed by atoms with E-state index < -0.39 is 5.97 Å². The molecule has 1 aromatic carbocycles. The minimum Gasteiger partial charge on any atom is -0.483 e. The van der Waals surface area contributed by atoms with E-state index in [1.54, 1.807) is 12.1 Å². The molecule has 0 aromatic heterocycles. The standard InChI is InChI=1S/C14H18BrNO4/c1-3-10(2)16(8-14(18)19)13(17)9-20-12-7-5-4-6-11(12)15/h4-7,10H,3,8-9H2,1-2H3,(H,18,19). The predicted octanol–water partition coefficient (Wildman–Crippen LogP) is 2.54. The van der Waals surface area contributed by atoms with Crippen molar-refractivity contribution in [3.05, 3.63) is 28.7 Å². The normalized spacial score (nSPS) is 11.8. The van der Waals surface area contributed by atoms with Crippen LogP contribution >= 0.6 is 15.9 Å². The van der Waals surface area contributed by atoms with E-state index in [-0.39, 0.29) is 25.1 Å². The van der Waals surface area contributed by atoms with Crippen molar-refractivity contribution in [3.8, 4) is 5.75 Å². The number of amides is 1. The van der Waals surface area contributed by atoms with Gasteiger partial charge in [0, 0.05) is 6.04 Å². The van der Waals surface area contributed by atoms with Gasteiger partial charge < -0.3 is 14.7 Å². The molecular formula is C14H18BrNO4. The fourth-order valence-corrected chi connectivity index (χ4v) is 2.04. The number of carboxylic acids is 1. The fraction of sp³-hybridized carbons (Fsp3) is 0.429. The van der Waals surface area contributed by atoms with Crippen LogP contribution in [0.1, 0.15) is 20.3 Å². The van der Waals surface area contributed by atoms with Gasteiger partial charge in [0.2, 0.25) is 0 Å². The molecule has 110 valence electrons. The highest BCUT2D eigenvalue weighted by Crippen LogP contribution is 2.23. The molecular weight excluding hydrogens is 326 g/mol. The Bertz CT molecular complexity index is 478. The molecule has 20 heavy (non-hydrogen) atoms. The first-order chi connectivity index (χ1) is 9.45. The largest absolute Gasteiger partial charge is 0.483 e. The van der Waals surface area contributed by atoms with E-state index >= 15 is 0 Å². The van der Waals surface area contributed by atoms with Gasteiger partial charge in [0.25, 0.3) is 5.91 Å². The lowest BCUT2D eigenvalue weighted by Gasteiger charge is -2.26. The SMILES string of the molecule is CCC(C)N(CC(=O)O)C(=O)COc1ccccc1Br. The third-order valence-electron chi connectivity index (χ3n) is 2.94. The zero-order valence-electron chi connectivity index (χ0n) is 11.5. The Morgan fingerprint density at radius 2 is 2.05 bits per heavy atom. The number of ether oxygens (including phenoxy) is 1. The lowest BCUT2D eigenvalue weighted by Crippen LogP contribution is -2.44. The van der Waals surface area contributed by atoms with Crippen molar-refractivity contribution in [2.45, 2.75) is 26.3 Å². The molecule has 0 saturated heterocycles. The molecule has 0 aliphatic carbocycles. The van der Waals surface area contributed by atoms with E-state index in [2.05, 4.69) is 15.9 Å². The zero-order valence-corrected chi connectivity index (χ0v) is 13.1. The molecule has 1 aromatic rings. The summed E-state index contributed by atoms with van der Waals surface area (Å²) in [5.74, 6) is -0.808. The van der Waals surface area contributed by atoms with E-state index in [9.17, 15) is 9.59 Å². The maximum absolute atomic E-state index is 12.1. The lowest BCUT2D eigenvalue weighted by atomic mass is 10.2. The van der Waals surface area contributed by atoms with Crippen LogP contribution in [0.25, 0.3) is 0 Å². The van der Waals surface area contributed by atoms with Crippen LogP contribution in [0.2, 0.25) is 0 Å². The molecule has 0 radical (unpaired) electrons. The summed E-state index contributed by atoms with van der Waals surface area (Å²) in [5.41, 5.74) is 0. The van der Waals surface area contributed by atoms with Gasteiger partial charge in [-0.25, -0.2) is 0 Å². The summed E-state index contributed by atoms with van der Waals surface area (Å²) in [5, 5.41) is 8.86. The first-order valence-electron chi connectivity index (χ1n) is 6.34. The maximum Gasteiger partial charge on any atom is 0.323 e. The molecule has 1 rings (SSSR count). The molecule has 0 saturated carbocycles. The average molecular weight is 344 g/mol. The summed E-state index contributed by atoms with van der Waals surface area (Å²) in [6.07, 6.45) is 0.689. The molecule has 1 unspecified atom stereocenters. The van der Waals surface area contributed by atoms with Gasteiger partial charge in [0.1, 0.15) is 12.3 Å². The van der Waals surface area contributed by atoms with Gasteiger partial charge in [-0.1, -0.05) is 19.1 Å². The molecule has 0 heterocycles. The molecule has 0 fully saturated rings. The molecule has 0 spiro atoms. The number of carbonyl (C=O) groups is 2. The smallest absolute Gasteiger partial charge is 0.323 e. The van der Waals surface area contributed by atoms with E-state index in [1.165, 1.54) is 4.90 Å². The maximum atomic E-state index is 12.1. The topological polar surface area (TPSA) is 66.8 Å². The van der Waals surface area contributed by atoms with E-state index in [4.69, 9.17) is 9.84 Å². The molecule has 1 atom stereocenters. The number of aliphatic carboxylic acids is 1. The Kier molecular flexibility index (Phi) is 6.51. The minimum atomic E-state index is -1.03. The highest BCUT2D eigenvalue weighted by atomic mass is 79.9. The second-order valence-corrected chi connectivity index (χ2v) is 5.25. The highest BCUT2D eigenvalue weighted by molar-refractivity contribution is 9.10. The first kappa shape index (κ1) is 16.5. The number of benzene rings is 1. The van der Waals surface area contributed by atoms with Gasteiger partial charge in [-0.2, -0.15) is 0 Å². The first-order valence-corrected chi connectivity index (χ1v) is 7.13. The Hall–Kier alpha value is -1.56. The van der Waals surface area contributed by atoms with Crippen molar-refractivity contribution in [3.63, 3.8) is 0 Å². The Morgan fingerprint density at radius 3 is 2.60 bits per heavy atom. The number of rotatable bonds is 7. The third kappa shape index (κ3) is 4.85. The monoisotopic (exact) mass is 343 g/mol. The van der Waals surface area contributed by atoms with Crippen LogP contribution < -0.4 is 4.74 Å². The Balaban J connectivity index is 2.67. The minimum absolute atomic E-state index is 0.138. The lowest BCUT2D eigenvalue weighted by molar-refractivity contribution is -0.147. The van der Waals surface area contributed by atoms with Crippen LogP contribution in [-0.4, -0.2) is 41.1 Å². The number of carboxylic acid groups (broad SMARTS) is 1. The van der Waals surface area contributed by atoms with Gasteiger partial charge in [0.05, 0.1) is 4.47 Å². The van der Waals surface area contributed by atoms with Gasteiger partial charge in [0.15, 0.2) is 6.61 Å². The van der Waals surface area contributed by atoms with Crippen LogP contribution in [0.5, 0.6) is 5.75 Å². The second-order valence-electron chi connectivity index (χ2n) is 4.39. The van der Waals surface area contributed by atoms with Crippen LogP contribution in [0.3, 0.4) is 0 Å². The molecule has 1 amide bonds. The van der Waals surface area contributed by atoms with Crippen molar-refractivity contribution in [2.24, 2.45) is 0 Å². The molecule has 0 aliphatic rings. The molecule has 5 nitrogen and oxygen atoms in total. The fourth-order valence-electron chi connectivity index (χ4n) is 1.64. The Labute approximate surface area is 126 Å². The van der Waals surface area contributed by atoms with Crippen molar-refractivity contribution < 1.29 is 19.4 Å². The summed E-state index contributed by atoms with van der Waals surface area (Å²) >= 11 is 3.32. The third-order valence-corrected chi connectivity index (χ3v) is 3.59. The highest BCUT2D eigenvalue weighted by Gasteiger charge is 2.22. The van der Waals surface area contributed by atoms with Crippen molar-refractivity contribution >= 4 is 27.8 Å². The Morgan fingerprint density at radius 1 is 1.40 bits per heavy atom. The van der Waals surface area contributed by atoms with Crippen LogP contribution in [0.4, 0.5) is 0 Å². The van der Waals surface area contributed by atoms with Crippen molar-refractivity contribution in [1.29, 1.82) is 0 Å². The van der Waals surface area contributed by atoms with Crippen molar-refractivity contribution in [1.82, 2.24) is 4.90 Å². The predicted molar refractivity (Wildman–Crippen MR) is 78.7 cm³/mol. The van der Waals surface area contributed by atoms with E-state index in [0.29, 0.717) is 12.2 Å². The number of carbonyl (C=O) groups excluding carboxylic acids is 1. The molecule has 0 bridgehead atoms. The summed E-state index contributed by atoms with van der Waals surface area (Å²) in [7, 11) is 0. The average Bonchev–Trinajstić information content (AvgIpc) is 2.42. The molecule has 6 heteroatoms. The van der Waals surface area contributed by atoms with Crippen LogP contribution in [0, 0.1) is 0 Å². The number of halogens is 1. The molecule has 0 aliphatic heterocycles. The van der Waals surface area contributed by atoms with E-state index in [0.717, 1.165) is 4.47 Å².